The number of rotatable bonds is 7. The summed E-state index contributed by atoms with van der Waals surface area (Å²) in [6.07, 6.45) is 7.60. The van der Waals surface area contributed by atoms with Crippen LogP contribution >= 0.6 is 0 Å². The van der Waals surface area contributed by atoms with Crippen LogP contribution in [0.25, 0.3) is 0 Å². The van der Waals surface area contributed by atoms with Crippen molar-refractivity contribution in [3.05, 3.63) is 23.9 Å². The lowest BCUT2D eigenvalue weighted by molar-refractivity contribution is -0.122. The Morgan fingerprint density at radius 1 is 1.24 bits per heavy atom. The number of likely N-dealkylation sites (tertiary alicyclic amines) is 1. The van der Waals surface area contributed by atoms with Crippen molar-refractivity contribution >= 4 is 17.7 Å². The van der Waals surface area contributed by atoms with E-state index in [2.05, 4.69) is 36.5 Å². The molecule has 0 spiro atoms. The van der Waals surface area contributed by atoms with E-state index in [9.17, 15) is 4.79 Å². The average molecular weight is 402 g/mol. The highest BCUT2D eigenvalue weighted by Crippen LogP contribution is 2.24. The first-order valence-corrected chi connectivity index (χ1v) is 10.8. The van der Waals surface area contributed by atoms with Crippen molar-refractivity contribution in [3.63, 3.8) is 0 Å². The molecule has 1 atom stereocenters. The predicted molar refractivity (Wildman–Crippen MR) is 117 cm³/mol. The first-order chi connectivity index (χ1) is 14.2. The highest BCUT2D eigenvalue weighted by atomic mass is 16.1. The van der Waals surface area contributed by atoms with Gasteiger partial charge in [-0.15, -0.1) is 0 Å². The number of amides is 1. The number of pyridine rings is 1. The maximum atomic E-state index is 11.6. The van der Waals surface area contributed by atoms with Crippen LogP contribution < -0.4 is 21.3 Å². The van der Waals surface area contributed by atoms with Gasteiger partial charge in [0.05, 0.1) is 5.92 Å². The Labute approximate surface area is 173 Å². The SMILES string of the molecule is CN=C(NCCN1CCCCC1)NCc1cccnc1N1CCCC(C(N)=O)C1. The Balaban J connectivity index is 1.52. The molecule has 160 valence electrons. The van der Waals surface area contributed by atoms with E-state index in [1.165, 1.54) is 32.4 Å². The highest BCUT2D eigenvalue weighted by Gasteiger charge is 2.26. The van der Waals surface area contributed by atoms with Gasteiger partial charge in [-0.05, 0) is 44.8 Å². The summed E-state index contributed by atoms with van der Waals surface area (Å²) in [5.41, 5.74) is 6.63. The molecule has 8 heteroatoms. The largest absolute Gasteiger partial charge is 0.369 e. The summed E-state index contributed by atoms with van der Waals surface area (Å²) in [6, 6.07) is 4.02. The van der Waals surface area contributed by atoms with Crippen molar-refractivity contribution in [1.29, 1.82) is 0 Å². The van der Waals surface area contributed by atoms with Crippen LogP contribution in [0.3, 0.4) is 0 Å². The summed E-state index contributed by atoms with van der Waals surface area (Å²) in [4.78, 5) is 25.2. The van der Waals surface area contributed by atoms with Crippen LogP contribution in [0.5, 0.6) is 0 Å². The van der Waals surface area contributed by atoms with Gasteiger partial charge in [0.15, 0.2) is 5.96 Å². The molecule has 1 unspecified atom stereocenters. The second-order valence-corrected chi connectivity index (χ2v) is 7.93. The number of nitrogens with two attached hydrogens (primary N) is 1. The van der Waals surface area contributed by atoms with Crippen LogP contribution in [0.15, 0.2) is 23.3 Å². The Bertz CT molecular complexity index is 687. The number of piperidine rings is 2. The molecular weight excluding hydrogens is 366 g/mol. The van der Waals surface area contributed by atoms with Crippen LogP contribution in [0, 0.1) is 5.92 Å². The van der Waals surface area contributed by atoms with Crippen molar-refractivity contribution in [2.45, 2.75) is 38.6 Å². The van der Waals surface area contributed by atoms with Crippen LogP contribution in [-0.2, 0) is 11.3 Å². The number of guanidine groups is 1. The van der Waals surface area contributed by atoms with Gasteiger partial charge in [-0.2, -0.15) is 0 Å². The number of carbonyl (C=O) groups is 1. The van der Waals surface area contributed by atoms with E-state index in [4.69, 9.17) is 5.73 Å². The first-order valence-electron chi connectivity index (χ1n) is 10.8. The summed E-state index contributed by atoms with van der Waals surface area (Å²) in [5.74, 6) is 1.40. The van der Waals surface area contributed by atoms with Crippen molar-refractivity contribution < 1.29 is 4.79 Å². The molecule has 2 saturated heterocycles. The normalized spacial score (nSPS) is 21.1. The van der Waals surface area contributed by atoms with Crippen LogP contribution in [0.1, 0.15) is 37.7 Å². The van der Waals surface area contributed by atoms with Crippen molar-refractivity contribution in [3.8, 4) is 0 Å². The Kier molecular flexibility index (Phi) is 8.10. The molecular formula is C21H35N7O. The zero-order valence-corrected chi connectivity index (χ0v) is 17.6. The molecule has 3 rings (SSSR count). The maximum absolute atomic E-state index is 11.6. The average Bonchev–Trinajstić information content (AvgIpc) is 2.77. The number of hydrogen-bond acceptors (Lipinski definition) is 5. The summed E-state index contributed by atoms with van der Waals surface area (Å²) in [5, 5.41) is 6.81. The smallest absolute Gasteiger partial charge is 0.222 e. The summed E-state index contributed by atoms with van der Waals surface area (Å²) in [6.45, 7) is 6.50. The fourth-order valence-corrected chi connectivity index (χ4v) is 4.17. The summed E-state index contributed by atoms with van der Waals surface area (Å²) < 4.78 is 0. The molecule has 0 bridgehead atoms. The quantitative estimate of drug-likeness (QED) is 0.464. The second-order valence-electron chi connectivity index (χ2n) is 7.93. The minimum atomic E-state index is -0.219. The number of aliphatic imine (C=N–C) groups is 1. The lowest BCUT2D eigenvalue weighted by Gasteiger charge is -2.33. The molecule has 2 aliphatic heterocycles. The van der Waals surface area contributed by atoms with E-state index in [0.717, 1.165) is 49.8 Å². The van der Waals surface area contributed by atoms with Gasteiger partial charge in [0.1, 0.15) is 5.82 Å². The number of primary amides is 1. The predicted octanol–water partition coefficient (Wildman–Crippen LogP) is 0.934. The van der Waals surface area contributed by atoms with Gasteiger partial charge >= 0.3 is 0 Å². The molecule has 1 aromatic heterocycles. The molecule has 1 aromatic rings. The van der Waals surface area contributed by atoms with Crippen molar-refractivity contribution in [2.75, 3.05) is 51.2 Å². The van der Waals surface area contributed by atoms with E-state index < -0.39 is 0 Å². The Hall–Kier alpha value is -2.35. The second kappa shape index (κ2) is 11.0. The molecule has 0 aliphatic carbocycles. The zero-order valence-electron chi connectivity index (χ0n) is 17.6. The minimum Gasteiger partial charge on any atom is -0.369 e. The lowest BCUT2D eigenvalue weighted by atomic mass is 9.97. The lowest BCUT2D eigenvalue weighted by Crippen LogP contribution is -2.43. The van der Waals surface area contributed by atoms with E-state index in [1.807, 2.05) is 6.07 Å². The Morgan fingerprint density at radius 2 is 2.07 bits per heavy atom. The Morgan fingerprint density at radius 3 is 2.83 bits per heavy atom. The topological polar surface area (TPSA) is 98.9 Å². The highest BCUT2D eigenvalue weighted by molar-refractivity contribution is 5.80. The van der Waals surface area contributed by atoms with E-state index >= 15 is 0 Å². The van der Waals surface area contributed by atoms with E-state index in [1.54, 1.807) is 13.2 Å². The van der Waals surface area contributed by atoms with Gasteiger partial charge in [-0.3, -0.25) is 9.79 Å². The number of anilines is 1. The third kappa shape index (κ3) is 6.32. The van der Waals surface area contributed by atoms with Gasteiger partial charge in [0, 0.05) is 51.5 Å². The number of aromatic nitrogens is 1. The van der Waals surface area contributed by atoms with Gasteiger partial charge in [0.2, 0.25) is 5.91 Å². The molecule has 3 heterocycles. The number of hydrogen-bond donors (Lipinski definition) is 3. The molecule has 1 amide bonds. The molecule has 0 radical (unpaired) electrons. The zero-order chi connectivity index (χ0) is 20.5. The van der Waals surface area contributed by atoms with Crippen molar-refractivity contribution in [1.82, 2.24) is 20.5 Å². The van der Waals surface area contributed by atoms with Gasteiger partial charge in [0.25, 0.3) is 0 Å². The van der Waals surface area contributed by atoms with E-state index in [0.29, 0.717) is 13.1 Å². The summed E-state index contributed by atoms with van der Waals surface area (Å²) in [7, 11) is 1.79. The fourth-order valence-electron chi connectivity index (χ4n) is 4.17. The first kappa shape index (κ1) is 21.4. The molecule has 29 heavy (non-hydrogen) atoms. The molecule has 4 N–H and O–H groups in total. The van der Waals surface area contributed by atoms with E-state index in [-0.39, 0.29) is 11.8 Å². The van der Waals surface area contributed by atoms with Crippen LogP contribution in [0.4, 0.5) is 5.82 Å². The molecule has 0 aromatic carbocycles. The molecule has 8 nitrogen and oxygen atoms in total. The monoisotopic (exact) mass is 401 g/mol. The number of carbonyl (C=O) groups excluding carboxylic acids is 1. The molecule has 0 saturated carbocycles. The molecule has 2 fully saturated rings. The third-order valence-corrected chi connectivity index (χ3v) is 5.83. The number of nitrogens with zero attached hydrogens (tertiary/aromatic N) is 4. The third-order valence-electron chi connectivity index (χ3n) is 5.83. The standard InChI is InChI=1S/C21H35N7O/c1-23-21(25-10-14-27-11-3-2-4-12-27)26-15-17-7-5-9-24-20(17)28-13-6-8-18(16-28)19(22)29/h5,7,9,18H,2-4,6,8,10-16H2,1H3,(H2,22,29)(H2,23,25,26). The molecule has 2 aliphatic rings. The van der Waals surface area contributed by atoms with Gasteiger partial charge < -0.3 is 26.2 Å². The maximum Gasteiger partial charge on any atom is 0.222 e. The van der Waals surface area contributed by atoms with Crippen LogP contribution in [-0.4, -0.2) is 68.1 Å². The van der Waals surface area contributed by atoms with Gasteiger partial charge in [-0.25, -0.2) is 4.98 Å². The van der Waals surface area contributed by atoms with Gasteiger partial charge in [-0.1, -0.05) is 12.5 Å². The fraction of sp³-hybridized carbons (Fsp3) is 0.667. The van der Waals surface area contributed by atoms with Crippen LogP contribution in [0.2, 0.25) is 0 Å². The minimum absolute atomic E-state index is 0.101. The summed E-state index contributed by atoms with van der Waals surface area (Å²) >= 11 is 0. The number of nitrogens with one attached hydrogen (secondary N) is 2. The van der Waals surface area contributed by atoms with Crippen molar-refractivity contribution in [2.24, 2.45) is 16.6 Å².